The lowest BCUT2D eigenvalue weighted by Gasteiger charge is -2.51. The van der Waals surface area contributed by atoms with E-state index in [9.17, 15) is 9.59 Å². The van der Waals surface area contributed by atoms with Gasteiger partial charge in [-0.2, -0.15) is 0 Å². The fraction of sp³-hybridized carbons (Fsp3) is 0.360. The molecular weight excluding hydrogens is 390 g/mol. The fourth-order valence-corrected chi connectivity index (χ4v) is 5.36. The predicted molar refractivity (Wildman–Crippen MR) is 119 cm³/mol. The second kappa shape index (κ2) is 7.15. The van der Waals surface area contributed by atoms with Crippen molar-refractivity contribution in [2.75, 3.05) is 26.7 Å². The third-order valence-electron chi connectivity index (χ3n) is 6.83. The summed E-state index contributed by atoms with van der Waals surface area (Å²) in [4.78, 5) is 34.0. The standard InChI is InChI=1S/C25H27N3O3/c1-4-13-27-15-21(29)28-14-18(16-9-6-8-12-20(16)31-3)22-17-10-5-7-11-19(17)26-23(22)25(28,2)24(27)30/h5-12,18,26H,4,13-15H2,1-3H3. The minimum Gasteiger partial charge on any atom is -0.496 e. The monoisotopic (exact) mass is 417 g/mol. The van der Waals surface area contributed by atoms with E-state index < -0.39 is 5.54 Å². The molecule has 1 saturated heterocycles. The van der Waals surface area contributed by atoms with Crippen LogP contribution in [0.2, 0.25) is 0 Å². The molecule has 160 valence electrons. The highest BCUT2D eigenvalue weighted by Crippen LogP contribution is 2.49. The number of methoxy groups -OCH3 is 1. The molecule has 0 spiro atoms. The molecular formula is C25H27N3O3. The molecule has 5 rings (SSSR count). The van der Waals surface area contributed by atoms with Gasteiger partial charge >= 0.3 is 0 Å². The number of benzene rings is 2. The number of para-hydroxylation sites is 2. The van der Waals surface area contributed by atoms with Crippen molar-refractivity contribution in [2.24, 2.45) is 0 Å². The lowest BCUT2D eigenvalue weighted by atomic mass is 9.76. The van der Waals surface area contributed by atoms with Crippen LogP contribution in [0.1, 0.15) is 43.0 Å². The molecule has 1 fully saturated rings. The Morgan fingerprint density at radius 2 is 1.87 bits per heavy atom. The highest BCUT2D eigenvalue weighted by molar-refractivity contribution is 6.01. The molecule has 2 aliphatic rings. The number of carbonyl (C=O) groups excluding carboxylic acids is 2. The van der Waals surface area contributed by atoms with Crippen LogP contribution >= 0.6 is 0 Å². The van der Waals surface area contributed by atoms with Gasteiger partial charge in [0.25, 0.3) is 5.91 Å². The minimum atomic E-state index is -1.04. The summed E-state index contributed by atoms with van der Waals surface area (Å²) in [5.74, 6) is 0.667. The minimum absolute atomic E-state index is 0.0137. The SMILES string of the molecule is CCCN1CC(=O)N2CC(c3ccccc3OC)c3c([nH]c4ccccc34)C2(C)C1=O. The Kier molecular flexibility index (Phi) is 4.54. The number of ether oxygens (including phenoxy) is 1. The lowest BCUT2D eigenvalue weighted by Crippen LogP contribution is -2.67. The van der Waals surface area contributed by atoms with Crippen LogP contribution in [0, 0.1) is 0 Å². The molecule has 6 nitrogen and oxygen atoms in total. The molecule has 2 amide bonds. The molecule has 1 N–H and O–H groups in total. The first-order valence-electron chi connectivity index (χ1n) is 10.8. The summed E-state index contributed by atoms with van der Waals surface area (Å²) >= 11 is 0. The lowest BCUT2D eigenvalue weighted by molar-refractivity contribution is -0.166. The first kappa shape index (κ1) is 19.7. The van der Waals surface area contributed by atoms with Gasteiger partial charge in [0, 0.05) is 35.5 Å². The van der Waals surface area contributed by atoms with Gasteiger partial charge in [-0.05, 0) is 31.0 Å². The van der Waals surface area contributed by atoms with Crippen molar-refractivity contribution in [3.63, 3.8) is 0 Å². The molecule has 0 aliphatic carbocycles. The van der Waals surface area contributed by atoms with Crippen LogP contribution in [-0.4, -0.2) is 53.3 Å². The van der Waals surface area contributed by atoms with E-state index in [-0.39, 0.29) is 24.3 Å². The topological polar surface area (TPSA) is 65.6 Å². The second-order valence-electron chi connectivity index (χ2n) is 8.56. The number of nitrogens with one attached hydrogen (secondary N) is 1. The average molecular weight is 418 g/mol. The van der Waals surface area contributed by atoms with Crippen molar-refractivity contribution in [3.05, 3.63) is 65.4 Å². The summed E-state index contributed by atoms with van der Waals surface area (Å²) in [5, 5.41) is 1.09. The van der Waals surface area contributed by atoms with Crippen LogP contribution in [0.25, 0.3) is 10.9 Å². The van der Waals surface area contributed by atoms with Crippen molar-refractivity contribution in [2.45, 2.75) is 31.7 Å². The fourth-order valence-electron chi connectivity index (χ4n) is 5.36. The molecule has 2 aromatic carbocycles. The van der Waals surface area contributed by atoms with Crippen LogP contribution in [0.15, 0.2) is 48.5 Å². The maximum absolute atomic E-state index is 13.7. The van der Waals surface area contributed by atoms with Gasteiger partial charge in [-0.25, -0.2) is 0 Å². The Bertz CT molecular complexity index is 1180. The van der Waals surface area contributed by atoms with Crippen LogP contribution in [0.5, 0.6) is 5.75 Å². The number of nitrogens with zero attached hydrogens (tertiary/aromatic N) is 2. The van der Waals surface area contributed by atoms with Gasteiger partial charge in [-0.1, -0.05) is 43.3 Å². The first-order chi connectivity index (χ1) is 15.0. The second-order valence-corrected chi connectivity index (χ2v) is 8.56. The third-order valence-corrected chi connectivity index (χ3v) is 6.83. The Labute approximate surface area is 181 Å². The molecule has 0 bridgehead atoms. The van der Waals surface area contributed by atoms with Gasteiger partial charge in [-0.15, -0.1) is 0 Å². The van der Waals surface area contributed by atoms with Crippen molar-refractivity contribution < 1.29 is 14.3 Å². The molecule has 6 heteroatoms. The summed E-state index contributed by atoms with van der Waals surface area (Å²) in [6.45, 7) is 5.08. The predicted octanol–water partition coefficient (Wildman–Crippen LogP) is 3.62. The first-order valence-corrected chi connectivity index (χ1v) is 10.8. The van der Waals surface area contributed by atoms with Crippen molar-refractivity contribution in [3.8, 4) is 5.75 Å². The average Bonchev–Trinajstić information content (AvgIpc) is 3.18. The highest BCUT2D eigenvalue weighted by Gasteiger charge is 2.56. The zero-order valence-corrected chi connectivity index (χ0v) is 18.1. The quantitative estimate of drug-likeness (QED) is 0.705. The smallest absolute Gasteiger partial charge is 0.254 e. The number of aromatic amines is 1. The molecule has 0 saturated carbocycles. The van der Waals surface area contributed by atoms with E-state index in [4.69, 9.17) is 4.74 Å². The molecule has 1 aromatic heterocycles. The molecule has 2 aliphatic heterocycles. The van der Waals surface area contributed by atoms with Gasteiger partial charge < -0.3 is 19.5 Å². The normalized spacial score (nSPS) is 23.1. The number of hydrogen-bond acceptors (Lipinski definition) is 3. The number of amides is 2. The van der Waals surface area contributed by atoms with E-state index in [2.05, 4.69) is 17.1 Å². The summed E-state index contributed by atoms with van der Waals surface area (Å²) < 4.78 is 5.67. The van der Waals surface area contributed by atoms with Crippen LogP contribution < -0.4 is 4.74 Å². The molecule has 2 atom stereocenters. The number of fused-ring (bicyclic) bond motifs is 5. The maximum Gasteiger partial charge on any atom is 0.254 e. The number of hydrogen-bond donors (Lipinski definition) is 1. The van der Waals surface area contributed by atoms with Crippen molar-refractivity contribution in [1.82, 2.24) is 14.8 Å². The largest absolute Gasteiger partial charge is 0.496 e. The molecule has 0 radical (unpaired) electrons. The van der Waals surface area contributed by atoms with Gasteiger partial charge in [0.05, 0.1) is 19.3 Å². The highest BCUT2D eigenvalue weighted by atomic mass is 16.5. The van der Waals surface area contributed by atoms with Crippen molar-refractivity contribution in [1.29, 1.82) is 0 Å². The molecule has 2 unspecified atom stereocenters. The van der Waals surface area contributed by atoms with Gasteiger partial charge in [0.1, 0.15) is 5.75 Å². The molecule has 3 aromatic rings. The van der Waals surface area contributed by atoms with Gasteiger partial charge in [0.2, 0.25) is 5.91 Å². The van der Waals surface area contributed by atoms with E-state index >= 15 is 0 Å². The summed E-state index contributed by atoms with van der Waals surface area (Å²) in [5.41, 5.74) is 2.85. The third kappa shape index (κ3) is 2.70. The molecule has 31 heavy (non-hydrogen) atoms. The van der Waals surface area contributed by atoms with Crippen LogP contribution in [0.4, 0.5) is 0 Å². The van der Waals surface area contributed by atoms with Crippen molar-refractivity contribution >= 4 is 22.7 Å². The van der Waals surface area contributed by atoms with Crippen LogP contribution in [0.3, 0.4) is 0 Å². The Morgan fingerprint density at radius 1 is 1.13 bits per heavy atom. The molecule has 3 heterocycles. The van der Waals surface area contributed by atoms with Gasteiger partial charge in [0.15, 0.2) is 5.54 Å². The van der Waals surface area contributed by atoms with E-state index in [1.165, 1.54) is 0 Å². The Balaban J connectivity index is 1.78. The van der Waals surface area contributed by atoms with E-state index in [1.54, 1.807) is 16.9 Å². The van der Waals surface area contributed by atoms with E-state index in [1.807, 2.05) is 50.2 Å². The Hall–Kier alpha value is -3.28. The van der Waals surface area contributed by atoms with Crippen LogP contribution in [-0.2, 0) is 15.1 Å². The number of rotatable bonds is 4. The van der Waals surface area contributed by atoms with E-state index in [0.29, 0.717) is 13.1 Å². The van der Waals surface area contributed by atoms with E-state index in [0.717, 1.165) is 39.9 Å². The zero-order valence-electron chi connectivity index (χ0n) is 18.1. The summed E-state index contributed by atoms with van der Waals surface area (Å²) in [6.07, 6.45) is 0.818. The maximum atomic E-state index is 13.7. The number of aromatic nitrogens is 1. The Morgan fingerprint density at radius 3 is 2.65 bits per heavy atom. The number of piperazine rings is 1. The summed E-state index contributed by atoms with van der Waals surface area (Å²) in [7, 11) is 1.67. The zero-order chi connectivity index (χ0) is 21.8. The summed E-state index contributed by atoms with van der Waals surface area (Å²) in [6, 6.07) is 16.1. The number of carbonyl (C=O) groups is 2. The number of H-pyrrole nitrogens is 1. The van der Waals surface area contributed by atoms with Gasteiger partial charge in [-0.3, -0.25) is 9.59 Å².